The maximum atomic E-state index is 12.6. The van der Waals surface area contributed by atoms with Gasteiger partial charge in [0, 0.05) is 17.5 Å². The molecule has 0 bridgehead atoms. The molecule has 3 rings (SSSR count). The van der Waals surface area contributed by atoms with E-state index < -0.39 is 17.7 Å². The summed E-state index contributed by atoms with van der Waals surface area (Å²) in [6, 6.07) is 8.60. The van der Waals surface area contributed by atoms with Crippen LogP contribution >= 0.6 is 11.6 Å². The van der Waals surface area contributed by atoms with Gasteiger partial charge in [0.1, 0.15) is 28.9 Å². The molecule has 6 nitrogen and oxygen atoms in total. The first-order valence-corrected chi connectivity index (χ1v) is 8.27. The van der Waals surface area contributed by atoms with Crippen LogP contribution < -0.4 is 4.90 Å². The molecule has 0 saturated carbocycles. The zero-order valence-corrected chi connectivity index (χ0v) is 14.9. The number of aldehydes is 1. The summed E-state index contributed by atoms with van der Waals surface area (Å²) in [7, 11) is 0. The molecule has 130 valence electrons. The van der Waals surface area contributed by atoms with Gasteiger partial charge in [0.2, 0.25) is 0 Å². The van der Waals surface area contributed by atoms with Crippen molar-refractivity contribution in [1.82, 2.24) is 9.97 Å². The van der Waals surface area contributed by atoms with Crippen LogP contribution in [0.15, 0.2) is 30.3 Å². The summed E-state index contributed by atoms with van der Waals surface area (Å²) in [5.41, 5.74) is 0.655. The van der Waals surface area contributed by atoms with Crippen molar-refractivity contribution in [1.29, 1.82) is 0 Å². The van der Waals surface area contributed by atoms with Crippen LogP contribution in [0.2, 0.25) is 5.15 Å². The zero-order chi connectivity index (χ0) is 18.2. The third-order valence-electron chi connectivity index (χ3n) is 3.69. The van der Waals surface area contributed by atoms with Crippen LogP contribution in [0.25, 0.3) is 11.4 Å². The number of benzene rings is 1. The Balaban J connectivity index is 2.07. The number of amides is 1. The van der Waals surface area contributed by atoms with E-state index in [9.17, 15) is 9.59 Å². The Morgan fingerprint density at radius 1 is 1.28 bits per heavy atom. The lowest BCUT2D eigenvalue weighted by Gasteiger charge is -2.26. The second kappa shape index (κ2) is 6.44. The van der Waals surface area contributed by atoms with Crippen LogP contribution in [-0.4, -0.2) is 34.0 Å². The molecule has 0 spiro atoms. The summed E-state index contributed by atoms with van der Waals surface area (Å²) >= 11 is 6.30. The van der Waals surface area contributed by atoms with Gasteiger partial charge >= 0.3 is 6.09 Å². The molecule has 1 aromatic carbocycles. The second-order valence-corrected chi connectivity index (χ2v) is 7.12. The number of aromatic nitrogens is 2. The van der Waals surface area contributed by atoms with E-state index in [1.165, 1.54) is 4.90 Å². The fourth-order valence-corrected chi connectivity index (χ4v) is 2.88. The average molecular weight is 360 g/mol. The molecule has 25 heavy (non-hydrogen) atoms. The Morgan fingerprint density at radius 2 is 1.96 bits per heavy atom. The Morgan fingerprint density at radius 3 is 2.56 bits per heavy atom. The number of nitrogens with zero attached hydrogens (tertiary/aromatic N) is 3. The van der Waals surface area contributed by atoms with E-state index in [0.29, 0.717) is 23.5 Å². The minimum atomic E-state index is -0.706. The van der Waals surface area contributed by atoms with Crippen LogP contribution in [0.1, 0.15) is 26.3 Å². The maximum Gasteiger partial charge on any atom is 0.416 e. The Kier molecular flexibility index (Phi) is 4.47. The number of fused-ring (bicyclic) bond motifs is 1. The van der Waals surface area contributed by atoms with Gasteiger partial charge in [-0.1, -0.05) is 41.9 Å². The minimum absolute atomic E-state index is 0.238. The van der Waals surface area contributed by atoms with Gasteiger partial charge in [0.05, 0.1) is 0 Å². The number of carbonyl (C=O) groups is 2. The molecule has 0 radical (unpaired) electrons. The zero-order valence-electron chi connectivity index (χ0n) is 14.2. The molecule has 1 atom stereocenters. The molecule has 0 N–H and O–H groups in total. The standard InChI is InChI=1S/C18H18ClN3O3/c1-18(2,3)25-17(24)22-12(10-23)9-13-14(19)20-15(21-16(13)22)11-7-5-4-6-8-11/h4-8,10,12H,9H2,1-3H3. The Hall–Kier alpha value is -2.47. The molecule has 1 aromatic heterocycles. The lowest BCUT2D eigenvalue weighted by molar-refractivity contribution is -0.108. The number of halogens is 1. The first-order chi connectivity index (χ1) is 11.8. The summed E-state index contributed by atoms with van der Waals surface area (Å²) in [6.07, 6.45) is 0.341. The van der Waals surface area contributed by atoms with Crippen molar-refractivity contribution in [2.24, 2.45) is 0 Å². The van der Waals surface area contributed by atoms with Crippen molar-refractivity contribution >= 4 is 29.8 Å². The van der Waals surface area contributed by atoms with Gasteiger partial charge < -0.3 is 9.53 Å². The summed E-state index contributed by atoms with van der Waals surface area (Å²) in [6.45, 7) is 5.29. The maximum absolute atomic E-state index is 12.6. The van der Waals surface area contributed by atoms with E-state index in [1.54, 1.807) is 20.8 Å². The van der Waals surface area contributed by atoms with E-state index in [-0.39, 0.29) is 11.6 Å². The summed E-state index contributed by atoms with van der Waals surface area (Å²) in [4.78, 5) is 34.1. The lowest BCUT2D eigenvalue weighted by atomic mass is 10.2. The summed E-state index contributed by atoms with van der Waals surface area (Å²) in [5.74, 6) is 0.717. The summed E-state index contributed by atoms with van der Waals surface area (Å²) < 4.78 is 5.42. The van der Waals surface area contributed by atoms with Crippen molar-refractivity contribution in [3.8, 4) is 11.4 Å². The van der Waals surface area contributed by atoms with Crippen molar-refractivity contribution < 1.29 is 14.3 Å². The van der Waals surface area contributed by atoms with Crippen LogP contribution in [0.5, 0.6) is 0 Å². The molecule has 0 saturated heterocycles. The first kappa shape index (κ1) is 17.4. The monoisotopic (exact) mass is 359 g/mol. The van der Waals surface area contributed by atoms with Crippen molar-refractivity contribution in [3.05, 3.63) is 41.0 Å². The van der Waals surface area contributed by atoms with E-state index in [2.05, 4.69) is 9.97 Å². The molecule has 1 unspecified atom stereocenters. The van der Waals surface area contributed by atoms with Gasteiger partial charge in [0.25, 0.3) is 0 Å². The Bertz CT molecular complexity index is 818. The summed E-state index contributed by atoms with van der Waals surface area (Å²) in [5, 5.41) is 0.238. The topological polar surface area (TPSA) is 72.4 Å². The van der Waals surface area contributed by atoms with Gasteiger partial charge in [-0.3, -0.25) is 4.90 Å². The normalized spacial score (nSPS) is 16.5. The van der Waals surface area contributed by atoms with Crippen molar-refractivity contribution in [2.45, 2.75) is 38.8 Å². The fourth-order valence-electron chi connectivity index (χ4n) is 2.64. The highest BCUT2D eigenvalue weighted by atomic mass is 35.5. The van der Waals surface area contributed by atoms with Gasteiger partial charge in [-0.25, -0.2) is 14.8 Å². The number of carbonyl (C=O) groups excluding carboxylic acids is 2. The van der Waals surface area contributed by atoms with E-state index >= 15 is 0 Å². The third kappa shape index (κ3) is 3.49. The molecule has 1 aliphatic heterocycles. The van der Waals surface area contributed by atoms with Crippen LogP contribution in [0.3, 0.4) is 0 Å². The van der Waals surface area contributed by atoms with Gasteiger partial charge in [-0.15, -0.1) is 0 Å². The quantitative estimate of drug-likeness (QED) is 0.604. The van der Waals surface area contributed by atoms with Gasteiger partial charge in [0.15, 0.2) is 5.82 Å². The third-order valence-corrected chi connectivity index (χ3v) is 4.00. The largest absolute Gasteiger partial charge is 0.443 e. The van der Waals surface area contributed by atoms with Crippen molar-refractivity contribution in [2.75, 3.05) is 4.90 Å². The SMILES string of the molecule is CC(C)(C)OC(=O)N1c2nc(-c3ccccc3)nc(Cl)c2CC1C=O. The highest BCUT2D eigenvalue weighted by molar-refractivity contribution is 6.31. The molecule has 2 heterocycles. The predicted molar refractivity (Wildman–Crippen MR) is 94.7 cm³/mol. The molecule has 7 heteroatoms. The number of hydrogen-bond acceptors (Lipinski definition) is 5. The highest BCUT2D eigenvalue weighted by Gasteiger charge is 2.39. The second-order valence-electron chi connectivity index (χ2n) is 6.76. The van der Waals surface area contributed by atoms with E-state index in [4.69, 9.17) is 16.3 Å². The Labute approximate surface area is 150 Å². The van der Waals surface area contributed by atoms with Gasteiger partial charge in [-0.2, -0.15) is 0 Å². The van der Waals surface area contributed by atoms with Crippen LogP contribution in [-0.2, 0) is 16.0 Å². The first-order valence-electron chi connectivity index (χ1n) is 7.89. The molecule has 0 aliphatic carbocycles. The van der Waals surface area contributed by atoms with Crippen LogP contribution in [0.4, 0.5) is 10.6 Å². The number of ether oxygens (including phenoxy) is 1. The fraction of sp³-hybridized carbons (Fsp3) is 0.333. The molecule has 2 aromatic rings. The molecule has 0 fully saturated rings. The van der Waals surface area contributed by atoms with E-state index in [1.807, 2.05) is 30.3 Å². The molecular weight excluding hydrogens is 342 g/mol. The predicted octanol–water partition coefficient (Wildman–Crippen LogP) is 3.66. The van der Waals surface area contributed by atoms with E-state index in [0.717, 1.165) is 5.56 Å². The van der Waals surface area contributed by atoms with Crippen LogP contribution in [0, 0.1) is 0 Å². The lowest BCUT2D eigenvalue weighted by Crippen LogP contribution is -2.42. The van der Waals surface area contributed by atoms with Gasteiger partial charge in [-0.05, 0) is 20.8 Å². The molecule has 1 amide bonds. The smallest absolute Gasteiger partial charge is 0.416 e. The number of hydrogen-bond donors (Lipinski definition) is 0. The highest BCUT2D eigenvalue weighted by Crippen LogP contribution is 2.36. The number of anilines is 1. The minimum Gasteiger partial charge on any atom is -0.443 e. The number of rotatable bonds is 2. The molecular formula is C18H18ClN3O3. The molecule has 1 aliphatic rings. The van der Waals surface area contributed by atoms with Crippen molar-refractivity contribution in [3.63, 3.8) is 0 Å². The average Bonchev–Trinajstić information content (AvgIpc) is 2.93.